The Labute approximate surface area is 130 Å². The third-order valence-corrected chi connectivity index (χ3v) is 3.78. The summed E-state index contributed by atoms with van der Waals surface area (Å²) in [6, 6.07) is 12.6. The fourth-order valence-corrected chi connectivity index (χ4v) is 2.62. The summed E-state index contributed by atoms with van der Waals surface area (Å²) < 4.78 is 22.0. The summed E-state index contributed by atoms with van der Waals surface area (Å²) >= 11 is 3.31. The van der Waals surface area contributed by atoms with Gasteiger partial charge in [0, 0.05) is 16.4 Å². The van der Waals surface area contributed by atoms with Crippen LogP contribution in [0.4, 0.5) is 4.39 Å². The number of hydrogen-bond donors (Lipinski definition) is 0. The van der Waals surface area contributed by atoms with E-state index in [-0.39, 0.29) is 18.2 Å². The highest BCUT2D eigenvalue weighted by Crippen LogP contribution is 2.25. The normalized spacial score (nSPS) is 11.0. The molecule has 0 aliphatic carbocycles. The van der Waals surface area contributed by atoms with Crippen molar-refractivity contribution in [1.82, 2.24) is 9.78 Å². The Kier molecular flexibility index (Phi) is 3.92. The van der Waals surface area contributed by atoms with E-state index in [1.165, 1.54) is 6.07 Å². The molecule has 21 heavy (non-hydrogen) atoms. The molecule has 2 aromatic carbocycles. The van der Waals surface area contributed by atoms with Gasteiger partial charge in [-0.05, 0) is 31.2 Å². The van der Waals surface area contributed by atoms with E-state index < -0.39 is 0 Å². The van der Waals surface area contributed by atoms with Gasteiger partial charge >= 0.3 is 0 Å². The van der Waals surface area contributed by atoms with Crippen LogP contribution in [0.1, 0.15) is 12.6 Å². The molecule has 108 valence electrons. The first-order valence-electron chi connectivity index (χ1n) is 6.71. The molecule has 0 fully saturated rings. The van der Waals surface area contributed by atoms with Crippen molar-refractivity contribution in [2.75, 3.05) is 0 Å². The molecule has 3 rings (SSSR count). The second-order valence-electron chi connectivity index (χ2n) is 4.64. The van der Waals surface area contributed by atoms with Gasteiger partial charge in [-0.15, -0.1) is 0 Å². The molecule has 3 nitrogen and oxygen atoms in total. The standard InChI is InChI=1S/C16H14BrFN2O/c1-2-20-15-6-4-3-5-12(15)14(19-20)10-21-16-9-11(17)7-8-13(16)18/h3-9H,2,10H2,1H3. The lowest BCUT2D eigenvalue weighted by molar-refractivity contribution is 0.285. The predicted octanol–water partition coefficient (Wildman–Crippen LogP) is 4.54. The van der Waals surface area contributed by atoms with Crippen molar-refractivity contribution in [3.63, 3.8) is 0 Å². The topological polar surface area (TPSA) is 27.1 Å². The predicted molar refractivity (Wildman–Crippen MR) is 83.8 cm³/mol. The Morgan fingerprint density at radius 2 is 2.05 bits per heavy atom. The average Bonchev–Trinajstić information content (AvgIpc) is 2.86. The smallest absolute Gasteiger partial charge is 0.165 e. The van der Waals surface area contributed by atoms with Crippen molar-refractivity contribution >= 4 is 26.8 Å². The number of aryl methyl sites for hydroxylation is 1. The lowest BCUT2D eigenvalue weighted by Gasteiger charge is -2.06. The summed E-state index contributed by atoms with van der Waals surface area (Å²) in [4.78, 5) is 0. The Balaban J connectivity index is 1.90. The fourth-order valence-electron chi connectivity index (χ4n) is 2.28. The molecule has 0 aliphatic heterocycles. The Morgan fingerprint density at radius 3 is 2.86 bits per heavy atom. The summed E-state index contributed by atoms with van der Waals surface area (Å²) in [6.07, 6.45) is 0. The summed E-state index contributed by atoms with van der Waals surface area (Å²) in [5.41, 5.74) is 1.88. The third-order valence-electron chi connectivity index (χ3n) is 3.29. The van der Waals surface area contributed by atoms with Crippen LogP contribution in [0, 0.1) is 5.82 Å². The largest absolute Gasteiger partial charge is 0.484 e. The molecule has 0 saturated carbocycles. The maximum absolute atomic E-state index is 13.7. The summed E-state index contributed by atoms with van der Waals surface area (Å²) in [7, 11) is 0. The number of benzene rings is 2. The van der Waals surface area contributed by atoms with Crippen LogP contribution in [-0.2, 0) is 13.2 Å². The lowest BCUT2D eigenvalue weighted by Crippen LogP contribution is -2.01. The molecule has 0 unspecified atom stereocenters. The van der Waals surface area contributed by atoms with Gasteiger partial charge < -0.3 is 4.74 Å². The number of rotatable bonds is 4. The van der Waals surface area contributed by atoms with Crippen LogP contribution in [0.15, 0.2) is 46.9 Å². The minimum atomic E-state index is -0.377. The molecule has 0 spiro atoms. The van der Waals surface area contributed by atoms with Crippen molar-refractivity contribution in [2.45, 2.75) is 20.1 Å². The summed E-state index contributed by atoms with van der Waals surface area (Å²) in [5, 5.41) is 5.57. The zero-order valence-corrected chi connectivity index (χ0v) is 13.1. The van der Waals surface area contributed by atoms with Crippen LogP contribution >= 0.6 is 15.9 Å². The van der Waals surface area contributed by atoms with Gasteiger partial charge in [0.2, 0.25) is 0 Å². The minimum Gasteiger partial charge on any atom is -0.484 e. The van der Waals surface area contributed by atoms with Crippen molar-refractivity contribution in [3.05, 3.63) is 58.4 Å². The van der Waals surface area contributed by atoms with E-state index in [2.05, 4.69) is 21.0 Å². The number of halogens is 2. The van der Waals surface area contributed by atoms with Crippen LogP contribution in [0.3, 0.4) is 0 Å². The first kappa shape index (κ1) is 14.1. The first-order chi connectivity index (χ1) is 10.2. The maximum Gasteiger partial charge on any atom is 0.165 e. The van der Waals surface area contributed by atoms with E-state index in [0.717, 1.165) is 27.6 Å². The van der Waals surface area contributed by atoms with Gasteiger partial charge in [-0.3, -0.25) is 4.68 Å². The molecule has 1 heterocycles. The molecular weight excluding hydrogens is 335 g/mol. The monoisotopic (exact) mass is 348 g/mol. The fraction of sp³-hybridized carbons (Fsp3) is 0.188. The van der Waals surface area contributed by atoms with Gasteiger partial charge in [-0.2, -0.15) is 5.10 Å². The van der Waals surface area contributed by atoms with Crippen molar-refractivity contribution < 1.29 is 9.13 Å². The zero-order chi connectivity index (χ0) is 14.8. The summed E-state index contributed by atoms with van der Waals surface area (Å²) in [5.74, 6) is -0.156. The molecular formula is C16H14BrFN2O. The van der Waals surface area contributed by atoms with E-state index >= 15 is 0 Å². The quantitative estimate of drug-likeness (QED) is 0.692. The Bertz CT molecular complexity index is 785. The van der Waals surface area contributed by atoms with Crippen LogP contribution < -0.4 is 4.74 Å². The highest BCUT2D eigenvalue weighted by atomic mass is 79.9. The molecule has 0 bridgehead atoms. The third kappa shape index (κ3) is 2.78. The first-order valence-corrected chi connectivity index (χ1v) is 7.50. The Hall–Kier alpha value is -1.88. The van der Waals surface area contributed by atoms with Gasteiger partial charge in [0.05, 0.1) is 5.52 Å². The van der Waals surface area contributed by atoms with Gasteiger partial charge in [0.1, 0.15) is 12.3 Å². The number of nitrogens with zero attached hydrogens (tertiary/aromatic N) is 2. The number of fused-ring (bicyclic) bond motifs is 1. The van der Waals surface area contributed by atoms with Crippen LogP contribution in [0.25, 0.3) is 10.9 Å². The van der Waals surface area contributed by atoms with Gasteiger partial charge in [-0.1, -0.05) is 34.1 Å². The second kappa shape index (κ2) is 5.85. The van der Waals surface area contributed by atoms with Crippen LogP contribution in [0.5, 0.6) is 5.75 Å². The zero-order valence-electron chi connectivity index (χ0n) is 11.5. The summed E-state index contributed by atoms with van der Waals surface area (Å²) in [6.45, 7) is 3.06. The highest BCUT2D eigenvalue weighted by molar-refractivity contribution is 9.10. The van der Waals surface area contributed by atoms with Gasteiger partial charge in [0.15, 0.2) is 11.6 Å². The van der Waals surface area contributed by atoms with Crippen molar-refractivity contribution in [2.24, 2.45) is 0 Å². The van der Waals surface area contributed by atoms with Crippen LogP contribution in [0.2, 0.25) is 0 Å². The van der Waals surface area contributed by atoms with Crippen molar-refractivity contribution in [3.8, 4) is 5.75 Å². The highest BCUT2D eigenvalue weighted by Gasteiger charge is 2.11. The average molecular weight is 349 g/mol. The molecule has 5 heteroatoms. The van der Waals surface area contributed by atoms with Crippen LogP contribution in [-0.4, -0.2) is 9.78 Å². The SMILES string of the molecule is CCn1nc(COc2cc(Br)ccc2F)c2ccccc21. The molecule has 0 amide bonds. The number of aromatic nitrogens is 2. The molecule has 3 aromatic rings. The molecule has 0 atom stereocenters. The number of hydrogen-bond acceptors (Lipinski definition) is 2. The molecule has 0 radical (unpaired) electrons. The van der Waals surface area contributed by atoms with E-state index in [4.69, 9.17) is 4.74 Å². The van der Waals surface area contributed by atoms with E-state index in [0.29, 0.717) is 0 Å². The lowest BCUT2D eigenvalue weighted by atomic mass is 10.2. The van der Waals surface area contributed by atoms with Crippen molar-refractivity contribution in [1.29, 1.82) is 0 Å². The molecule has 0 saturated heterocycles. The Morgan fingerprint density at radius 1 is 1.24 bits per heavy atom. The maximum atomic E-state index is 13.7. The van der Waals surface area contributed by atoms with Gasteiger partial charge in [-0.25, -0.2) is 4.39 Å². The van der Waals surface area contributed by atoms with E-state index in [1.54, 1.807) is 12.1 Å². The molecule has 0 aliphatic rings. The second-order valence-corrected chi connectivity index (χ2v) is 5.56. The number of ether oxygens (including phenoxy) is 1. The van der Waals surface area contributed by atoms with E-state index in [9.17, 15) is 4.39 Å². The molecule has 0 N–H and O–H groups in total. The minimum absolute atomic E-state index is 0.222. The van der Waals surface area contributed by atoms with Gasteiger partial charge in [0.25, 0.3) is 0 Å². The number of para-hydroxylation sites is 1. The molecule has 1 aromatic heterocycles. The van der Waals surface area contributed by atoms with E-state index in [1.807, 2.05) is 35.9 Å².